The van der Waals surface area contributed by atoms with Crippen molar-refractivity contribution in [1.29, 1.82) is 0 Å². The second kappa shape index (κ2) is 5.96. The molecule has 0 unspecified atom stereocenters. The van der Waals surface area contributed by atoms with Gasteiger partial charge in [0.1, 0.15) is 0 Å². The van der Waals surface area contributed by atoms with Crippen LogP contribution in [0.1, 0.15) is 36.8 Å². The van der Waals surface area contributed by atoms with Crippen LogP contribution in [0.2, 0.25) is 0 Å². The molecule has 0 bridgehead atoms. The van der Waals surface area contributed by atoms with E-state index in [0.717, 1.165) is 5.69 Å². The Hall–Kier alpha value is -1.42. The van der Waals surface area contributed by atoms with E-state index in [1.165, 1.54) is 0 Å². The number of aliphatic hydroxyl groups excluding tert-OH is 1. The quantitative estimate of drug-likeness (QED) is 0.885. The van der Waals surface area contributed by atoms with E-state index in [1.54, 1.807) is 30.3 Å². The summed E-state index contributed by atoms with van der Waals surface area (Å²) in [6, 6.07) is 3.46. The molecule has 0 atom stereocenters. The summed E-state index contributed by atoms with van der Waals surface area (Å²) in [4.78, 5) is 18.0. The van der Waals surface area contributed by atoms with Crippen LogP contribution in [0, 0.1) is 5.41 Å². The van der Waals surface area contributed by atoms with Gasteiger partial charge in [0, 0.05) is 44.1 Å². The van der Waals surface area contributed by atoms with Gasteiger partial charge >= 0.3 is 0 Å². The van der Waals surface area contributed by atoms with E-state index in [4.69, 9.17) is 5.11 Å². The van der Waals surface area contributed by atoms with Crippen molar-refractivity contribution >= 4 is 5.91 Å². The number of carbonyl (C=O) groups excluding carboxylic acids is 1. The van der Waals surface area contributed by atoms with Crippen LogP contribution < -0.4 is 0 Å². The lowest BCUT2D eigenvalue weighted by atomic mass is 9.96. The van der Waals surface area contributed by atoms with Crippen molar-refractivity contribution in [3.8, 4) is 0 Å². The first kappa shape index (κ1) is 14.6. The maximum Gasteiger partial charge on any atom is 0.253 e. The largest absolute Gasteiger partial charge is 0.396 e. The van der Waals surface area contributed by atoms with E-state index in [1.807, 2.05) is 0 Å². The van der Waals surface area contributed by atoms with E-state index in [2.05, 4.69) is 25.8 Å². The lowest BCUT2D eigenvalue weighted by molar-refractivity contribution is 0.0745. The molecule has 0 spiro atoms. The van der Waals surface area contributed by atoms with Crippen LogP contribution in [0.15, 0.2) is 18.3 Å². The highest BCUT2D eigenvalue weighted by atomic mass is 16.3. The van der Waals surface area contributed by atoms with E-state index in [0.29, 0.717) is 18.5 Å². The maximum absolute atomic E-state index is 12.2. The predicted octanol–water partition coefficient (Wildman–Crippen LogP) is 1.73. The molecule has 100 valence electrons. The van der Waals surface area contributed by atoms with Crippen molar-refractivity contribution in [2.24, 2.45) is 5.41 Å². The maximum atomic E-state index is 12.2. The Morgan fingerprint density at radius 1 is 1.44 bits per heavy atom. The Kier molecular flexibility index (Phi) is 4.84. The third kappa shape index (κ3) is 4.45. The molecule has 0 saturated heterocycles. The molecule has 1 N–H and O–H groups in total. The summed E-state index contributed by atoms with van der Waals surface area (Å²) in [5, 5.41) is 8.88. The van der Waals surface area contributed by atoms with E-state index in [9.17, 15) is 4.79 Å². The first-order valence-corrected chi connectivity index (χ1v) is 6.15. The normalized spacial score (nSPS) is 11.4. The predicted molar refractivity (Wildman–Crippen MR) is 71.4 cm³/mol. The molecule has 0 radical (unpaired) electrons. The van der Waals surface area contributed by atoms with Crippen LogP contribution >= 0.6 is 0 Å². The number of amides is 1. The summed E-state index contributed by atoms with van der Waals surface area (Å²) in [6.07, 6.45) is 2.09. The van der Waals surface area contributed by atoms with Crippen molar-refractivity contribution in [2.45, 2.75) is 27.2 Å². The molecule has 0 aromatic carbocycles. The average molecular weight is 250 g/mol. The van der Waals surface area contributed by atoms with Gasteiger partial charge in [0.15, 0.2) is 0 Å². The smallest absolute Gasteiger partial charge is 0.253 e. The Bertz CT molecular complexity index is 411. The second-order valence-corrected chi connectivity index (χ2v) is 5.73. The molecule has 0 aliphatic carbocycles. The van der Waals surface area contributed by atoms with Crippen molar-refractivity contribution in [1.82, 2.24) is 9.88 Å². The molecule has 0 fully saturated rings. The van der Waals surface area contributed by atoms with Crippen LogP contribution in [-0.2, 0) is 6.42 Å². The summed E-state index contributed by atoms with van der Waals surface area (Å²) in [6.45, 7) is 7.04. The molecular formula is C14H22N2O2. The molecule has 0 aliphatic heterocycles. The topological polar surface area (TPSA) is 53.4 Å². The number of pyridine rings is 1. The number of hydrogen-bond donors (Lipinski definition) is 1. The zero-order chi connectivity index (χ0) is 13.8. The SMILES string of the molecule is CN(CC(C)(C)C)C(=O)c1ccnc(CCO)c1. The number of carbonyl (C=O) groups is 1. The Balaban J connectivity index is 2.80. The van der Waals surface area contributed by atoms with Gasteiger partial charge < -0.3 is 10.0 Å². The zero-order valence-corrected chi connectivity index (χ0v) is 11.6. The van der Waals surface area contributed by atoms with E-state index >= 15 is 0 Å². The number of nitrogens with zero attached hydrogens (tertiary/aromatic N) is 2. The third-order valence-electron chi connectivity index (χ3n) is 2.49. The third-order valence-corrected chi connectivity index (χ3v) is 2.49. The van der Waals surface area contributed by atoms with Crippen LogP contribution in [0.3, 0.4) is 0 Å². The Labute approximate surface area is 109 Å². The fraction of sp³-hybridized carbons (Fsp3) is 0.571. The number of aliphatic hydroxyl groups is 1. The minimum absolute atomic E-state index is 0.00786. The van der Waals surface area contributed by atoms with Crippen LogP contribution in [0.25, 0.3) is 0 Å². The summed E-state index contributed by atoms with van der Waals surface area (Å²) < 4.78 is 0. The van der Waals surface area contributed by atoms with Crippen LogP contribution in [-0.4, -0.2) is 41.1 Å². The average Bonchev–Trinajstić information content (AvgIpc) is 2.26. The molecule has 1 rings (SSSR count). The van der Waals surface area contributed by atoms with Gasteiger partial charge in [-0.05, 0) is 17.5 Å². The summed E-state index contributed by atoms with van der Waals surface area (Å²) in [7, 11) is 1.81. The highest BCUT2D eigenvalue weighted by Gasteiger charge is 2.19. The van der Waals surface area contributed by atoms with Gasteiger partial charge in [-0.25, -0.2) is 0 Å². The standard InChI is InChI=1S/C14H22N2O2/c1-14(2,3)10-16(4)13(18)11-5-7-15-12(9-11)6-8-17/h5,7,9,17H,6,8,10H2,1-4H3. The van der Waals surface area contributed by atoms with Gasteiger partial charge in [-0.3, -0.25) is 9.78 Å². The monoisotopic (exact) mass is 250 g/mol. The molecule has 0 aliphatic rings. The van der Waals surface area contributed by atoms with Crippen LogP contribution in [0.4, 0.5) is 0 Å². The number of rotatable bonds is 4. The van der Waals surface area contributed by atoms with Crippen LogP contribution in [0.5, 0.6) is 0 Å². The molecule has 18 heavy (non-hydrogen) atoms. The Morgan fingerprint density at radius 3 is 2.67 bits per heavy atom. The number of aromatic nitrogens is 1. The van der Waals surface area contributed by atoms with Gasteiger partial charge in [0.2, 0.25) is 0 Å². The first-order valence-electron chi connectivity index (χ1n) is 6.15. The minimum Gasteiger partial charge on any atom is -0.396 e. The number of hydrogen-bond acceptors (Lipinski definition) is 3. The summed E-state index contributed by atoms with van der Waals surface area (Å²) in [5.74, 6) is -0.00786. The highest BCUT2D eigenvalue weighted by Crippen LogP contribution is 2.16. The zero-order valence-electron chi connectivity index (χ0n) is 11.6. The molecule has 1 aromatic heterocycles. The molecule has 1 heterocycles. The van der Waals surface area contributed by atoms with Crippen molar-refractivity contribution < 1.29 is 9.90 Å². The van der Waals surface area contributed by atoms with Gasteiger partial charge in [0.05, 0.1) is 0 Å². The Morgan fingerprint density at radius 2 is 2.11 bits per heavy atom. The van der Waals surface area contributed by atoms with Gasteiger partial charge in [0.25, 0.3) is 5.91 Å². The van der Waals surface area contributed by atoms with Gasteiger partial charge in [-0.15, -0.1) is 0 Å². The van der Waals surface area contributed by atoms with E-state index < -0.39 is 0 Å². The lowest BCUT2D eigenvalue weighted by Crippen LogP contribution is -2.34. The van der Waals surface area contributed by atoms with E-state index in [-0.39, 0.29) is 17.9 Å². The minimum atomic E-state index is -0.00786. The first-order chi connectivity index (χ1) is 8.33. The van der Waals surface area contributed by atoms with Crippen molar-refractivity contribution in [2.75, 3.05) is 20.2 Å². The summed E-state index contributed by atoms with van der Waals surface area (Å²) in [5.41, 5.74) is 1.44. The second-order valence-electron chi connectivity index (χ2n) is 5.73. The fourth-order valence-corrected chi connectivity index (χ4v) is 1.87. The molecule has 4 heteroatoms. The van der Waals surface area contributed by atoms with Gasteiger partial charge in [-0.2, -0.15) is 0 Å². The molecule has 0 saturated carbocycles. The van der Waals surface area contributed by atoms with Crippen molar-refractivity contribution in [3.05, 3.63) is 29.6 Å². The molecule has 1 aromatic rings. The molecular weight excluding hydrogens is 228 g/mol. The highest BCUT2D eigenvalue weighted by molar-refractivity contribution is 5.94. The fourth-order valence-electron chi connectivity index (χ4n) is 1.87. The van der Waals surface area contributed by atoms with Crippen molar-refractivity contribution in [3.63, 3.8) is 0 Å². The summed E-state index contributed by atoms with van der Waals surface area (Å²) >= 11 is 0. The molecule has 1 amide bonds. The molecule has 4 nitrogen and oxygen atoms in total. The van der Waals surface area contributed by atoms with Gasteiger partial charge in [-0.1, -0.05) is 20.8 Å². The lowest BCUT2D eigenvalue weighted by Gasteiger charge is -2.26.